The van der Waals surface area contributed by atoms with Crippen molar-refractivity contribution in [3.8, 4) is 17.2 Å². The van der Waals surface area contributed by atoms with Gasteiger partial charge >= 0.3 is 0 Å². The summed E-state index contributed by atoms with van der Waals surface area (Å²) >= 11 is 0. The van der Waals surface area contributed by atoms with Crippen LogP contribution in [0.25, 0.3) is 11.1 Å². The Hall–Kier alpha value is -3.36. The molecule has 1 N–H and O–H groups in total. The van der Waals surface area contributed by atoms with E-state index in [4.69, 9.17) is 9.47 Å². The number of aromatic nitrogens is 1. The van der Waals surface area contributed by atoms with Gasteiger partial charge in [-0.3, -0.25) is 9.88 Å². The molecule has 1 saturated heterocycles. The largest absolute Gasteiger partial charge is 0.508 e. The minimum atomic E-state index is -3.44. The Balaban J connectivity index is 1.43. The predicted octanol–water partition coefficient (Wildman–Crippen LogP) is 4.98. The minimum Gasteiger partial charge on any atom is -0.508 e. The Morgan fingerprint density at radius 1 is 1.11 bits per heavy atom. The SMILES string of the molecule is CCC1CN(CCOc2ccc(C3Oc4ccc(O)cc4C(C)=C3c3cncc(S(C)(=O)=O)c3)cc2)C1. The normalized spacial score (nSPS) is 18.2. The summed E-state index contributed by atoms with van der Waals surface area (Å²) in [5.41, 5.74) is 3.99. The number of nitrogens with zero attached hydrogens (tertiary/aromatic N) is 2. The van der Waals surface area contributed by atoms with Gasteiger partial charge in [-0.05, 0) is 60.4 Å². The third-order valence-corrected chi connectivity index (χ3v) is 8.28. The number of likely N-dealkylation sites (tertiary alicyclic amines) is 1. The lowest BCUT2D eigenvalue weighted by molar-refractivity contribution is 0.0806. The number of aromatic hydroxyl groups is 1. The summed E-state index contributed by atoms with van der Waals surface area (Å²) in [6.45, 7) is 8.05. The third kappa shape index (κ3) is 5.36. The van der Waals surface area contributed by atoms with E-state index >= 15 is 0 Å². The van der Waals surface area contributed by atoms with Crippen LogP contribution in [0.4, 0.5) is 0 Å². The molecule has 2 aliphatic rings. The molecule has 0 radical (unpaired) electrons. The van der Waals surface area contributed by atoms with Crippen molar-refractivity contribution < 1.29 is 23.0 Å². The van der Waals surface area contributed by atoms with Crippen molar-refractivity contribution >= 4 is 21.0 Å². The highest BCUT2D eigenvalue weighted by atomic mass is 32.2. The molecule has 8 heteroatoms. The highest BCUT2D eigenvalue weighted by molar-refractivity contribution is 7.90. The van der Waals surface area contributed by atoms with Crippen LogP contribution in [0.1, 0.15) is 43.1 Å². The third-order valence-electron chi connectivity index (χ3n) is 7.20. The van der Waals surface area contributed by atoms with Crippen molar-refractivity contribution in [2.24, 2.45) is 5.92 Å². The van der Waals surface area contributed by atoms with Gasteiger partial charge in [-0.2, -0.15) is 0 Å². The number of phenols is 1. The molecular formula is C29H32N2O5S. The Kier molecular flexibility index (Phi) is 6.96. The molecule has 1 fully saturated rings. The van der Waals surface area contributed by atoms with Crippen LogP contribution in [0.5, 0.6) is 17.2 Å². The zero-order valence-electron chi connectivity index (χ0n) is 21.3. The van der Waals surface area contributed by atoms with Gasteiger partial charge < -0.3 is 14.6 Å². The molecule has 37 heavy (non-hydrogen) atoms. The second-order valence-corrected chi connectivity index (χ2v) is 11.9. The highest BCUT2D eigenvalue weighted by Gasteiger charge is 2.30. The Bertz CT molecular complexity index is 1430. The first-order valence-corrected chi connectivity index (χ1v) is 14.4. The first-order valence-electron chi connectivity index (χ1n) is 12.5. The number of pyridine rings is 1. The summed E-state index contributed by atoms with van der Waals surface area (Å²) in [6.07, 6.45) is 4.91. The molecule has 1 unspecified atom stereocenters. The van der Waals surface area contributed by atoms with E-state index in [0.717, 1.165) is 53.6 Å². The average Bonchev–Trinajstić information content (AvgIpc) is 2.85. The van der Waals surface area contributed by atoms with Gasteiger partial charge in [0.2, 0.25) is 0 Å². The van der Waals surface area contributed by atoms with E-state index in [0.29, 0.717) is 17.9 Å². The second-order valence-electron chi connectivity index (χ2n) is 9.85. The van der Waals surface area contributed by atoms with Crippen LogP contribution in [0.2, 0.25) is 0 Å². The average molecular weight is 521 g/mol. The van der Waals surface area contributed by atoms with E-state index < -0.39 is 15.9 Å². The van der Waals surface area contributed by atoms with E-state index in [-0.39, 0.29) is 10.6 Å². The van der Waals surface area contributed by atoms with Gasteiger partial charge in [0.25, 0.3) is 0 Å². The molecule has 0 saturated carbocycles. The molecule has 1 atom stereocenters. The zero-order valence-corrected chi connectivity index (χ0v) is 22.2. The van der Waals surface area contributed by atoms with Crippen molar-refractivity contribution in [2.75, 3.05) is 32.5 Å². The van der Waals surface area contributed by atoms with E-state index in [9.17, 15) is 13.5 Å². The predicted molar refractivity (Wildman–Crippen MR) is 143 cm³/mol. The van der Waals surface area contributed by atoms with Crippen LogP contribution in [0, 0.1) is 5.92 Å². The zero-order chi connectivity index (χ0) is 26.2. The van der Waals surface area contributed by atoms with Crippen molar-refractivity contribution in [3.05, 3.63) is 77.6 Å². The smallest absolute Gasteiger partial charge is 0.177 e. The van der Waals surface area contributed by atoms with Crippen LogP contribution in [-0.2, 0) is 9.84 Å². The van der Waals surface area contributed by atoms with Gasteiger partial charge in [0.1, 0.15) is 30.0 Å². The minimum absolute atomic E-state index is 0.132. The summed E-state index contributed by atoms with van der Waals surface area (Å²) in [5, 5.41) is 10.1. The van der Waals surface area contributed by atoms with E-state index in [1.165, 1.54) is 18.9 Å². The summed E-state index contributed by atoms with van der Waals surface area (Å²) in [7, 11) is -3.44. The lowest BCUT2D eigenvalue weighted by Crippen LogP contribution is -2.47. The lowest BCUT2D eigenvalue weighted by Gasteiger charge is -2.38. The van der Waals surface area contributed by atoms with Crippen LogP contribution in [0.15, 0.2) is 65.8 Å². The molecule has 3 heterocycles. The number of hydrogen-bond acceptors (Lipinski definition) is 7. The van der Waals surface area contributed by atoms with Crippen molar-refractivity contribution in [3.63, 3.8) is 0 Å². The molecule has 0 aliphatic carbocycles. The fourth-order valence-electron chi connectivity index (χ4n) is 4.96. The summed E-state index contributed by atoms with van der Waals surface area (Å²) in [4.78, 5) is 6.75. The van der Waals surface area contributed by atoms with E-state index in [1.54, 1.807) is 30.5 Å². The molecule has 2 aromatic carbocycles. The maximum absolute atomic E-state index is 12.2. The van der Waals surface area contributed by atoms with E-state index in [2.05, 4.69) is 16.8 Å². The van der Waals surface area contributed by atoms with Crippen LogP contribution < -0.4 is 9.47 Å². The summed E-state index contributed by atoms with van der Waals surface area (Å²) < 4.78 is 36.9. The molecule has 0 bridgehead atoms. The highest BCUT2D eigenvalue weighted by Crippen LogP contribution is 2.47. The quantitative estimate of drug-likeness (QED) is 0.448. The second kappa shape index (κ2) is 10.2. The molecule has 1 aromatic heterocycles. The Morgan fingerprint density at radius 3 is 2.57 bits per heavy atom. The Labute approximate surface area is 218 Å². The standard InChI is InChI=1S/C29H32N2O5S/c1-4-20-17-31(18-20)11-12-35-24-8-5-21(6-9-24)29-28(22-13-25(16-30-15-22)37(3,33)34)19(2)26-14-23(32)7-10-27(26)36-29/h5-10,13-16,20,29,32H,4,11-12,17-18H2,1-3H3. The molecule has 2 aliphatic heterocycles. The van der Waals surface area contributed by atoms with Gasteiger partial charge in [0, 0.05) is 55.0 Å². The van der Waals surface area contributed by atoms with Crippen LogP contribution in [-0.4, -0.2) is 55.9 Å². The number of benzene rings is 2. The molecular weight excluding hydrogens is 488 g/mol. The van der Waals surface area contributed by atoms with Gasteiger partial charge in [-0.1, -0.05) is 25.5 Å². The number of phenolic OH excluding ortho intramolecular Hbond substituents is 1. The molecule has 5 rings (SSSR count). The molecule has 0 spiro atoms. The van der Waals surface area contributed by atoms with Gasteiger partial charge in [0.15, 0.2) is 9.84 Å². The monoisotopic (exact) mass is 520 g/mol. The van der Waals surface area contributed by atoms with Crippen molar-refractivity contribution in [2.45, 2.75) is 31.3 Å². The summed E-state index contributed by atoms with van der Waals surface area (Å²) in [6, 6.07) is 14.5. The first-order chi connectivity index (χ1) is 17.7. The number of hydrogen-bond donors (Lipinski definition) is 1. The number of sulfone groups is 1. The first kappa shape index (κ1) is 25.3. The lowest BCUT2D eigenvalue weighted by atomic mass is 9.86. The maximum atomic E-state index is 12.2. The molecule has 194 valence electrons. The fourth-order valence-corrected chi connectivity index (χ4v) is 5.56. The topological polar surface area (TPSA) is 89.0 Å². The fraction of sp³-hybridized carbons (Fsp3) is 0.345. The van der Waals surface area contributed by atoms with Gasteiger partial charge in [-0.25, -0.2) is 8.42 Å². The molecule has 7 nitrogen and oxygen atoms in total. The number of allylic oxidation sites excluding steroid dienone is 1. The number of ether oxygens (including phenoxy) is 2. The number of rotatable bonds is 8. The van der Waals surface area contributed by atoms with Crippen LogP contribution >= 0.6 is 0 Å². The van der Waals surface area contributed by atoms with Crippen LogP contribution in [0.3, 0.4) is 0 Å². The number of fused-ring (bicyclic) bond motifs is 1. The van der Waals surface area contributed by atoms with Crippen molar-refractivity contribution in [1.29, 1.82) is 0 Å². The Morgan fingerprint density at radius 2 is 1.86 bits per heavy atom. The van der Waals surface area contributed by atoms with E-state index in [1.807, 2.05) is 31.2 Å². The maximum Gasteiger partial charge on any atom is 0.177 e. The molecule has 3 aromatic rings. The van der Waals surface area contributed by atoms with Crippen molar-refractivity contribution in [1.82, 2.24) is 9.88 Å². The summed E-state index contributed by atoms with van der Waals surface area (Å²) in [5.74, 6) is 2.40. The van der Waals surface area contributed by atoms with Gasteiger partial charge in [-0.15, -0.1) is 0 Å². The van der Waals surface area contributed by atoms with Gasteiger partial charge in [0.05, 0.1) is 4.90 Å². The molecule has 0 amide bonds.